The first-order valence-corrected chi connectivity index (χ1v) is 7.29. The normalized spacial score (nSPS) is 18.4. The largest absolute Gasteiger partial charge is 0.372 e. The van der Waals surface area contributed by atoms with Gasteiger partial charge in [-0.1, -0.05) is 0 Å². The molecular formula is C14H19N5O2. The number of aryl methyl sites for hydroxylation is 1. The number of fused-ring (bicyclic) bond motifs is 1. The lowest BCUT2D eigenvalue weighted by molar-refractivity contribution is -0.118. The summed E-state index contributed by atoms with van der Waals surface area (Å²) in [6, 6.07) is 0. The highest BCUT2D eigenvalue weighted by atomic mass is 16.1. The predicted molar refractivity (Wildman–Crippen MR) is 78.7 cm³/mol. The number of rotatable bonds is 3. The summed E-state index contributed by atoms with van der Waals surface area (Å²) >= 11 is 0. The van der Waals surface area contributed by atoms with Crippen molar-refractivity contribution in [3.05, 3.63) is 11.3 Å². The topological polar surface area (TPSA) is 78.4 Å². The molecule has 1 fully saturated rings. The monoisotopic (exact) mass is 289 g/mol. The van der Waals surface area contributed by atoms with Crippen LogP contribution in [-0.2, 0) is 11.2 Å². The van der Waals surface area contributed by atoms with E-state index in [4.69, 9.17) is 0 Å². The van der Waals surface area contributed by atoms with Crippen LogP contribution in [0.2, 0.25) is 0 Å². The first-order valence-electron chi connectivity index (χ1n) is 7.29. The van der Waals surface area contributed by atoms with Gasteiger partial charge in [-0.2, -0.15) is 4.98 Å². The van der Waals surface area contributed by atoms with Crippen LogP contribution < -0.4 is 10.2 Å². The van der Waals surface area contributed by atoms with E-state index in [0.29, 0.717) is 49.9 Å². The van der Waals surface area contributed by atoms with Crippen LogP contribution in [0.25, 0.3) is 0 Å². The van der Waals surface area contributed by atoms with Gasteiger partial charge in [0.2, 0.25) is 12.4 Å². The number of carbonyl (C=O) groups excluding carboxylic acids is 2. The van der Waals surface area contributed by atoms with Crippen molar-refractivity contribution in [2.75, 3.05) is 43.4 Å². The zero-order valence-corrected chi connectivity index (χ0v) is 12.1. The van der Waals surface area contributed by atoms with Crippen LogP contribution in [0, 0.1) is 0 Å². The lowest BCUT2D eigenvalue weighted by Gasteiger charge is -2.33. The Balaban J connectivity index is 1.90. The first-order chi connectivity index (χ1) is 10.2. The minimum atomic E-state index is 0.123. The van der Waals surface area contributed by atoms with Gasteiger partial charge in [0, 0.05) is 39.6 Å². The summed E-state index contributed by atoms with van der Waals surface area (Å²) < 4.78 is 0. The summed E-state index contributed by atoms with van der Waals surface area (Å²) in [6.07, 6.45) is 3.12. The van der Waals surface area contributed by atoms with E-state index in [-0.39, 0.29) is 5.78 Å². The first kappa shape index (κ1) is 13.8. The van der Waals surface area contributed by atoms with Gasteiger partial charge in [-0.25, -0.2) is 4.98 Å². The van der Waals surface area contributed by atoms with Crippen LogP contribution >= 0.6 is 0 Å². The SMILES string of the molecule is CNc1nc(N2CCN(C=O)CC2)nc2c1C(=O)CCC2. The molecule has 0 unspecified atom stereocenters. The number of aromatic nitrogens is 2. The number of hydrogen-bond donors (Lipinski definition) is 1. The Morgan fingerprint density at radius 3 is 2.57 bits per heavy atom. The van der Waals surface area contributed by atoms with Crippen LogP contribution in [0.3, 0.4) is 0 Å². The van der Waals surface area contributed by atoms with Gasteiger partial charge in [-0.05, 0) is 12.8 Å². The van der Waals surface area contributed by atoms with Crippen LogP contribution in [0.4, 0.5) is 11.8 Å². The zero-order chi connectivity index (χ0) is 14.8. The molecule has 21 heavy (non-hydrogen) atoms. The van der Waals surface area contributed by atoms with Crippen molar-refractivity contribution >= 4 is 24.0 Å². The number of carbonyl (C=O) groups is 2. The molecule has 1 N–H and O–H groups in total. The molecular weight excluding hydrogens is 270 g/mol. The summed E-state index contributed by atoms with van der Waals surface area (Å²) in [4.78, 5) is 35.7. The van der Waals surface area contributed by atoms with Crippen molar-refractivity contribution in [2.24, 2.45) is 0 Å². The molecule has 0 aromatic carbocycles. The van der Waals surface area contributed by atoms with Crippen LogP contribution in [0.15, 0.2) is 0 Å². The molecule has 1 aliphatic heterocycles. The Bertz CT molecular complexity index is 549. The van der Waals surface area contributed by atoms with Gasteiger partial charge in [0.1, 0.15) is 5.82 Å². The van der Waals surface area contributed by atoms with Gasteiger partial charge in [0.25, 0.3) is 0 Å². The zero-order valence-electron chi connectivity index (χ0n) is 12.1. The third kappa shape index (κ3) is 2.55. The van der Waals surface area contributed by atoms with Crippen molar-refractivity contribution in [3.63, 3.8) is 0 Å². The second-order valence-corrected chi connectivity index (χ2v) is 5.35. The van der Waals surface area contributed by atoms with E-state index in [0.717, 1.165) is 24.9 Å². The second kappa shape index (κ2) is 5.67. The fourth-order valence-electron chi connectivity index (χ4n) is 2.86. The molecule has 0 saturated carbocycles. The van der Waals surface area contributed by atoms with E-state index >= 15 is 0 Å². The number of amides is 1. The van der Waals surface area contributed by atoms with Crippen LogP contribution in [-0.4, -0.2) is 60.3 Å². The average Bonchev–Trinajstić information content (AvgIpc) is 2.54. The number of Topliss-reactive ketones (excluding diaryl/α,β-unsaturated/α-hetero) is 1. The van der Waals surface area contributed by atoms with E-state index in [9.17, 15) is 9.59 Å². The Hall–Kier alpha value is -2.18. The van der Waals surface area contributed by atoms with Crippen molar-refractivity contribution < 1.29 is 9.59 Å². The van der Waals surface area contributed by atoms with Gasteiger partial charge in [-0.15, -0.1) is 0 Å². The summed E-state index contributed by atoms with van der Waals surface area (Å²) in [5.41, 5.74) is 1.50. The minimum absolute atomic E-state index is 0.123. The highest BCUT2D eigenvalue weighted by molar-refractivity contribution is 6.02. The minimum Gasteiger partial charge on any atom is -0.372 e. The maximum absolute atomic E-state index is 12.1. The predicted octanol–water partition coefficient (Wildman–Crippen LogP) is 0.316. The number of anilines is 2. The number of piperazine rings is 1. The van der Waals surface area contributed by atoms with Crippen LogP contribution in [0.5, 0.6) is 0 Å². The standard InChI is InChI=1S/C14H19N5O2/c1-15-13-12-10(3-2-4-11(12)21)16-14(17-13)19-7-5-18(9-20)6-8-19/h9H,2-8H2,1H3,(H,15,16,17). The molecule has 0 atom stereocenters. The number of hydrogen-bond acceptors (Lipinski definition) is 6. The fraction of sp³-hybridized carbons (Fsp3) is 0.571. The molecule has 1 aromatic rings. The highest BCUT2D eigenvalue weighted by Gasteiger charge is 2.26. The van der Waals surface area contributed by atoms with E-state index in [1.807, 2.05) is 0 Å². The fourth-order valence-corrected chi connectivity index (χ4v) is 2.86. The summed E-state index contributed by atoms with van der Waals surface area (Å²) in [5, 5.41) is 3.02. The van der Waals surface area contributed by atoms with Crippen molar-refractivity contribution in [3.8, 4) is 0 Å². The van der Waals surface area contributed by atoms with Gasteiger partial charge in [0.05, 0.1) is 11.3 Å². The maximum atomic E-state index is 12.1. The molecule has 1 aliphatic carbocycles. The summed E-state index contributed by atoms with van der Waals surface area (Å²) in [7, 11) is 1.78. The van der Waals surface area contributed by atoms with Crippen LogP contribution in [0.1, 0.15) is 28.9 Å². The smallest absolute Gasteiger partial charge is 0.227 e. The number of nitrogens with one attached hydrogen (secondary N) is 1. The third-order valence-electron chi connectivity index (χ3n) is 4.05. The molecule has 3 rings (SSSR count). The van der Waals surface area contributed by atoms with Gasteiger partial charge in [-0.3, -0.25) is 9.59 Å². The molecule has 1 saturated heterocycles. The molecule has 2 heterocycles. The van der Waals surface area contributed by atoms with E-state index in [1.54, 1.807) is 11.9 Å². The van der Waals surface area contributed by atoms with E-state index in [1.165, 1.54) is 0 Å². The van der Waals surface area contributed by atoms with Crippen molar-refractivity contribution in [2.45, 2.75) is 19.3 Å². The van der Waals surface area contributed by atoms with E-state index in [2.05, 4.69) is 20.2 Å². The molecule has 7 nitrogen and oxygen atoms in total. The van der Waals surface area contributed by atoms with Crippen molar-refractivity contribution in [1.29, 1.82) is 0 Å². The summed E-state index contributed by atoms with van der Waals surface area (Å²) in [6.45, 7) is 2.79. The summed E-state index contributed by atoms with van der Waals surface area (Å²) in [5.74, 6) is 1.40. The Morgan fingerprint density at radius 2 is 1.90 bits per heavy atom. The Morgan fingerprint density at radius 1 is 1.14 bits per heavy atom. The van der Waals surface area contributed by atoms with Crippen molar-refractivity contribution in [1.82, 2.24) is 14.9 Å². The van der Waals surface area contributed by atoms with Gasteiger partial charge >= 0.3 is 0 Å². The third-order valence-corrected chi connectivity index (χ3v) is 4.05. The molecule has 112 valence electrons. The molecule has 1 amide bonds. The second-order valence-electron chi connectivity index (χ2n) is 5.35. The molecule has 0 spiro atoms. The van der Waals surface area contributed by atoms with Gasteiger partial charge in [0.15, 0.2) is 5.78 Å². The number of ketones is 1. The Labute approximate surface area is 123 Å². The average molecular weight is 289 g/mol. The molecule has 1 aromatic heterocycles. The molecule has 0 radical (unpaired) electrons. The lowest BCUT2D eigenvalue weighted by atomic mass is 9.95. The van der Waals surface area contributed by atoms with E-state index < -0.39 is 0 Å². The molecule has 0 bridgehead atoms. The number of nitrogens with zero attached hydrogens (tertiary/aromatic N) is 4. The highest BCUT2D eigenvalue weighted by Crippen LogP contribution is 2.27. The molecule has 2 aliphatic rings. The lowest BCUT2D eigenvalue weighted by Crippen LogP contribution is -2.46. The quantitative estimate of drug-likeness (QED) is 0.807. The Kier molecular flexibility index (Phi) is 3.72. The maximum Gasteiger partial charge on any atom is 0.227 e. The van der Waals surface area contributed by atoms with Gasteiger partial charge < -0.3 is 15.1 Å². The molecule has 7 heteroatoms.